The second-order valence-corrected chi connectivity index (χ2v) is 6.38. The number of carbonyl (C=O) groups is 1. The van der Waals surface area contributed by atoms with Gasteiger partial charge in [-0.2, -0.15) is 0 Å². The van der Waals surface area contributed by atoms with Crippen molar-refractivity contribution in [3.8, 4) is 0 Å². The Bertz CT molecular complexity index is 268. The van der Waals surface area contributed by atoms with E-state index in [0.717, 1.165) is 25.4 Å². The molecule has 0 aromatic heterocycles. The molecule has 2 aliphatic carbocycles. The van der Waals surface area contributed by atoms with Gasteiger partial charge in [0, 0.05) is 13.0 Å². The lowest BCUT2D eigenvalue weighted by Gasteiger charge is -2.21. The summed E-state index contributed by atoms with van der Waals surface area (Å²) in [6, 6.07) is 0. The highest BCUT2D eigenvalue weighted by Gasteiger charge is 2.41. The fraction of sp³-hybridized carbons (Fsp3) is 0.933. The van der Waals surface area contributed by atoms with Gasteiger partial charge in [-0.25, -0.2) is 0 Å². The van der Waals surface area contributed by atoms with Gasteiger partial charge in [-0.1, -0.05) is 32.1 Å². The van der Waals surface area contributed by atoms with Crippen molar-refractivity contribution >= 4 is 5.91 Å². The molecule has 0 radical (unpaired) electrons. The van der Waals surface area contributed by atoms with Crippen molar-refractivity contribution in [2.24, 2.45) is 17.1 Å². The van der Waals surface area contributed by atoms with Crippen molar-refractivity contribution in [1.82, 2.24) is 5.32 Å². The smallest absolute Gasteiger partial charge is 0.220 e. The molecule has 1 amide bonds. The molecule has 0 aliphatic heterocycles. The van der Waals surface area contributed by atoms with E-state index in [2.05, 4.69) is 5.32 Å². The topological polar surface area (TPSA) is 55.1 Å². The molecule has 3 N–H and O–H groups in total. The maximum absolute atomic E-state index is 11.7. The minimum atomic E-state index is 0.227. The van der Waals surface area contributed by atoms with E-state index < -0.39 is 0 Å². The Morgan fingerprint density at radius 3 is 2.56 bits per heavy atom. The molecule has 0 heterocycles. The van der Waals surface area contributed by atoms with Crippen molar-refractivity contribution in [3.05, 3.63) is 0 Å². The van der Waals surface area contributed by atoms with Crippen LogP contribution in [0.5, 0.6) is 0 Å². The van der Waals surface area contributed by atoms with Crippen LogP contribution in [0, 0.1) is 11.3 Å². The van der Waals surface area contributed by atoms with E-state index in [-0.39, 0.29) is 11.3 Å². The second kappa shape index (κ2) is 6.55. The van der Waals surface area contributed by atoms with Gasteiger partial charge in [-0.05, 0) is 43.6 Å². The minimum absolute atomic E-state index is 0.227. The third-order valence-electron chi connectivity index (χ3n) is 4.79. The summed E-state index contributed by atoms with van der Waals surface area (Å²) in [7, 11) is 0. The van der Waals surface area contributed by atoms with Gasteiger partial charge in [-0.3, -0.25) is 4.79 Å². The van der Waals surface area contributed by atoms with Crippen LogP contribution in [0.3, 0.4) is 0 Å². The quantitative estimate of drug-likeness (QED) is 0.731. The number of carbonyl (C=O) groups excluding carboxylic acids is 1. The van der Waals surface area contributed by atoms with Crippen molar-refractivity contribution in [2.75, 3.05) is 13.1 Å². The zero-order valence-electron chi connectivity index (χ0n) is 11.5. The summed E-state index contributed by atoms with van der Waals surface area (Å²) in [4.78, 5) is 11.7. The van der Waals surface area contributed by atoms with Gasteiger partial charge in [-0.15, -0.1) is 0 Å². The molecule has 0 saturated heterocycles. The summed E-state index contributed by atoms with van der Waals surface area (Å²) >= 11 is 0. The number of rotatable bonds is 7. The lowest BCUT2D eigenvalue weighted by atomic mass is 9.86. The Balaban J connectivity index is 1.51. The molecule has 2 fully saturated rings. The van der Waals surface area contributed by atoms with Crippen LogP contribution >= 0.6 is 0 Å². The van der Waals surface area contributed by atoms with E-state index in [0.29, 0.717) is 6.42 Å². The van der Waals surface area contributed by atoms with Crippen molar-refractivity contribution < 1.29 is 4.79 Å². The zero-order chi connectivity index (χ0) is 12.8. The SMILES string of the molecule is NCC1(CNC(=O)CCCC2CCCCC2)CC1. The second-order valence-electron chi connectivity index (χ2n) is 6.38. The minimum Gasteiger partial charge on any atom is -0.355 e. The van der Waals surface area contributed by atoms with Gasteiger partial charge in [0.25, 0.3) is 0 Å². The molecule has 2 aliphatic rings. The number of nitrogens with one attached hydrogen (secondary N) is 1. The molecule has 2 rings (SSSR count). The molecular formula is C15H28N2O. The molecule has 0 spiro atoms. The van der Waals surface area contributed by atoms with Crippen molar-refractivity contribution in [3.63, 3.8) is 0 Å². The highest BCUT2D eigenvalue weighted by molar-refractivity contribution is 5.75. The molecule has 3 nitrogen and oxygen atoms in total. The molecular weight excluding hydrogens is 224 g/mol. The fourth-order valence-electron chi connectivity index (χ4n) is 3.03. The first-order valence-corrected chi connectivity index (χ1v) is 7.71. The number of hydrogen-bond donors (Lipinski definition) is 2. The standard InChI is InChI=1S/C15H28N2O/c16-11-15(9-10-15)12-17-14(18)8-4-7-13-5-2-1-3-6-13/h13H,1-12,16H2,(H,17,18). The zero-order valence-corrected chi connectivity index (χ0v) is 11.5. The lowest BCUT2D eigenvalue weighted by Crippen LogP contribution is -2.33. The van der Waals surface area contributed by atoms with Crippen LogP contribution in [-0.4, -0.2) is 19.0 Å². The van der Waals surface area contributed by atoms with Crippen LogP contribution in [0.25, 0.3) is 0 Å². The molecule has 104 valence electrons. The number of nitrogens with two attached hydrogens (primary N) is 1. The monoisotopic (exact) mass is 252 g/mol. The summed E-state index contributed by atoms with van der Waals surface area (Å²) in [5.74, 6) is 1.12. The van der Waals surface area contributed by atoms with Crippen LogP contribution in [-0.2, 0) is 4.79 Å². The van der Waals surface area contributed by atoms with E-state index in [9.17, 15) is 4.79 Å². The first-order chi connectivity index (χ1) is 8.74. The first-order valence-electron chi connectivity index (χ1n) is 7.71. The molecule has 2 saturated carbocycles. The maximum Gasteiger partial charge on any atom is 0.220 e. The molecule has 0 aromatic carbocycles. The molecule has 0 unspecified atom stereocenters. The van der Waals surface area contributed by atoms with Gasteiger partial charge in [0.05, 0.1) is 0 Å². The normalized spacial score (nSPS) is 22.7. The molecule has 0 bridgehead atoms. The van der Waals surface area contributed by atoms with Crippen LogP contribution in [0.4, 0.5) is 0 Å². The van der Waals surface area contributed by atoms with Gasteiger partial charge < -0.3 is 11.1 Å². The van der Waals surface area contributed by atoms with Gasteiger partial charge in [0.1, 0.15) is 0 Å². The number of hydrogen-bond acceptors (Lipinski definition) is 2. The molecule has 3 heteroatoms. The summed E-state index contributed by atoms with van der Waals surface area (Å²) in [5.41, 5.74) is 5.96. The van der Waals surface area contributed by atoms with Gasteiger partial charge in [0.2, 0.25) is 5.91 Å². The first kappa shape index (κ1) is 13.9. The molecule has 0 aromatic rings. The molecule has 0 atom stereocenters. The summed E-state index contributed by atoms with van der Waals surface area (Å²) in [6.07, 6.45) is 12.4. The van der Waals surface area contributed by atoms with Gasteiger partial charge >= 0.3 is 0 Å². The summed E-state index contributed by atoms with van der Waals surface area (Å²) < 4.78 is 0. The summed E-state index contributed by atoms with van der Waals surface area (Å²) in [5, 5.41) is 3.06. The van der Waals surface area contributed by atoms with E-state index in [1.165, 1.54) is 51.4 Å². The average molecular weight is 252 g/mol. The van der Waals surface area contributed by atoms with Crippen LogP contribution < -0.4 is 11.1 Å². The third kappa shape index (κ3) is 4.27. The van der Waals surface area contributed by atoms with Crippen molar-refractivity contribution in [2.45, 2.75) is 64.2 Å². The predicted octanol–water partition coefficient (Wildman–Crippen LogP) is 2.59. The predicted molar refractivity (Wildman–Crippen MR) is 74.2 cm³/mol. The Kier molecular flexibility index (Phi) is 5.04. The van der Waals surface area contributed by atoms with E-state index >= 15 is 0 Å². The Morgan fingerprint density at radius 1 is 1.22 bits per heavy atom. The third-order valence-corrected chi connectivity index (χ3v) is 4.79. The van der Waals surface area contributed by atoms with Crippen LogP contribution in [0.2, 0.25) is 0 Å². The van der Waals surface area contributed by atoms with E-state index in [4.69, 9.17) is 5.73 Å². The maximum atomic E-state index is 11.7. The van der Waals surface area contributed by atoms with Crippen LogP contribution in [0.1, 0.15) is 64.2 Å². The Morgan fingerprint density at radius 2 is 1.94 bits per heavy atom. The van der Waals surface area contributed by atoms with Crippen molar-refractivity contribution in [1.29, 1.82) is 0 Å². The van der Waals surface area contributed by atoms with E-state index in [1.54, 1.807) is 0 Å². The van der Waals surface area contributed by atoms with E-state index in [1.807, 2.05) is 0 Å². The van der Waals surface area contributed by atoms with Gasteiger partial charge in [0.15, 0.2) is 0 Å². The Labute approximate surface area is 111 Å². The largest absolute Gasteiger partial charge is 0.355 e. The van der Waals surface area contributed by atoms with Crippen LogP contribution in [0.15, 0.2) is 0 Å². The number of amides is 1. The fourth-order valence-corrected chi connectivity index (χ4v) is 3.03. The summed E-state index contributed by atoms with van der Waals surface area (Å²) in [6.45, 7) is 1.51. The Hall–Kier alpha value is -0.570. The average Bonchev–Trinajstić information content (AvgIpc) is 3.18. The molecule has 18 heavy (non-hydrogen) atoms. The highest BCUT2D eigenvalue weighted by atomic mass is 16.1. The highest BCUT2D eigenvalue weighted by Crippen LogP contribution is 2.43. The lowest BCUT2D eigenvalue weighted by molar-refractivity contribution is -0.121.